The number of benzene rings is 1. The third kappa shape index (κ3) is 4.20. The smallest absolute Gasteiger partial charge is 0.218 e. The van der Waals surface area contributed by atoms with E-state index in [4.69, 9.17) is 16.7 Å². The van der Waals surface area contributed by atoms with Crippen molar-refractivity contribution in [3.63, 3.8) is 0 Å². The number of aliphatic hydroxyl groups excluding tert-OH is 1. The van der Waals surface area contributed by atoms with Crippen LogP contribution in [0.5, 0.6) is 0 Å². The van der Waals surface area contributed by atoms with Crippen LogP contribution in [0.4, 0.5) is 4.39 Å². The van der Waals surface area contributed by atoms with Crippen LogP contribution in [0.1, 0.15) is 12.5 Å². The van der Waals surface area contributed by atoms with Crippen LogP contribution in [0.25, 0.3) is 0 Å². The van der Waals surface area contributed by atoms with Crippen molar-refractivity contribution in [3.05, 3.63) is 34.6 Å². The van der Waals surface area contributed by atoms with Crippen LogP contribution in [-0.4, -0.2) is 37.5 Å². The first-order chi connectivity index (χ1) is 8.22. The molecule has 0 radical (unpaired) electrons. The number of hydrogen-bond donors (Lipinski definition) is 1. The molecule has 4 nitrogen and oxygen atoms in total. The van der Waals surface area contributed by atoms with Crippen LogP contribution >= 0.6 is 11.6 Å². The summed E-state index contributed by atoms with van der Waals surface area (Å²) in [7, 11) is -2.34. The number of nitrogens with zero attached hydrogens (tertiary/aromatic N) is 1. The number of hydrogen-bond acceptors (Lipinski definition) is 3. The second-order valence-electron chi connectivity index (χ2n) is 4.12. The highest BCUT2D eigenvalue weighted by Gasteiger charge is 2.21. The number of likely N-dealkylation sites (N-methyl/N-ethyl adjacent to an activating group) is 1. The maximum atomic E-state index is 13.4. The second-order valence-corrected chi connectivity index (χ2v) is 6.63. The van der Waals surface area contributed by atoms with E-state index in [9.17, 15) is 12.8 Å². The standard InChI is InChI=1S/C11H15ClFNO3S/c1-8(15)6-14(2)18(16,17)7-9-5-10(12)3-4-11(9)13/h3-5,8,15H,6-7H2,1-2H3. The summed E-state index contributed by atoms with van der Waals surface area (Å²) in [6.07, 6.45) is -0.783. The van der Waals surface area contributed by atoms with Gasteiger partial charge >= 0.3 is 0 Å². The maximum Gasteiger partial charge on any atom is 0.218 e. The Balaban J connectivity index is 2.92. The molecule has 18 heavy (non-hydrogen) atoms. The highest BCUT2D eigenvalue weighted by molar-refractivity contribution is 7.88. The third-order valence-corrected chi connectivity index (χ3v) is 4.35. The molecular formula is C11H15ClFNO3S. The molecule has 1 rings (SSSR count). The summed E-state index contributed by atoms with van der Waals surface area (Å²) in [5.41, 5.74) is 0.0138. The van der Waals surface area contributed by atoms with Crippen molar-refractivity contribution in [2.75, 3.05) is 13.6 Å². The van der Waals surface area contributed by atoms with Gasteiger partial charge in [0.05, 0.1) is 11.9 Å². The lowest BCUT2D eigenvalue weighted by molar-refractivity contribution is 0.171. The van der Waals surface area contributed by atoms with E-state index in [1.807, 2.05) is 0 Å². The summed E-state index contributed by atoms with van der Waals surface area (Å²) in [6.45, 7) is 1.44. The summed E-state index contributed by atoms with van der Waals surface area (Å²) in [5, 5.41) is 9.43. The quantitative estimate of drug-likeness (QED) is 0.898. The Morgan fingerprint density at radius 3 is 2.67 bits per heavy atom. The minimum Gasteiger partial charge on any atom is -0.392 e. The molecule has 1 atom stereocenters. The molecule has 0 spiro atoms. The van der Waals surface area contributed by atoms with Crippen molar-refractivity contribution in [2.45, 2.75) is 18.8 Å². The van der Waals surface area contributed by atoms with Crippen molar-refractivity contribution in [3.8, 4) is 0 Å². The molecule has 0 aliphatic heterocycles. The Bertz CT molecular complexity index is 519. The Kier molecular flexibility index (Phi) is 5.10. The lowest BCUT2D eigenvalue weighted by atomic mass is 10.2. The molecule has 7 heteroatoms. The zero-order valence-corrected chi connectivity index (χ0v) is 11.7. The summed E-state index contributed by atoms with van der Waals surface area (Å²) in [4.78, 5) is 0. The number of rotatable bonds is 5. The topological polar surface area (TPSA) is 57.6 Å². The second kappa shape index (κ2) is 5.97. The van der Waals surface area contributed by atoms with Crippen LogP contribution in [0.2, 0.25) is 5.02 Å². The van der Waals surface area contributed by atoms with Gasteiger partial charge in [0.2, 0.25) is 10.0 Å². The number of sulfonamides is 1. The van der Waals surface area contributed by atoms with E-state index < -0.39 is 27.7 Å². The molecule has 0 aromatic heterocycles. The first kappa shape index (κ1) is 15.4. The molecule has 0 saturated carbocycles. The van der Waals surface area contributed by atoms with Gasteiger partial charge in [-0.3, -0.25) is 0 Å². The van der Waals surface area contributed by atoms with Crippen molar-refractivity contribution in [1.29, 1.82) is 0 Å². The average molecular weight is 296 g/mol. The SMILES string of the molecule is CC(O)CN(C)S(=O)(=O)Cc1cc(Cl)ccc1F. The molecule has 0 aliphatic rings. The molecule has 0 saturated heterocycles. The van der Waals surface area contributed by atoms with Crippen molar-refractivity contribution in [1.82, 2.24) is 4.31 Å². The summed E-state index contributed by atoms with van der Waals surface area (Å²) in [6, 6.07) is 3.76. The largest absolute Gasteiger partial charge is 0.392 e. The van der Waals surface area contributed by atoms with Gasteiger partial charge in [0, 0.05) is 24.2 Å². The van der Waals surface area contributed by atoms with Crippen LogP contribution < -0.4 is 0 Å². The third-order valence-electron chi connectivity index (χ3n) is 2.34. The molecule has 0 amide bonds. The Morgan fingerprint density at radius 2 is 2.11 bits per heavy atom. The van der Waals surface area contributed by atoms with Gasteiger partial charge in [-0.25, -0.2) is 17.1 Å². The minimum absolute atomic E-state index is 0.0138. The van der Waals surface area contributed by atoms with Crippen LogP contribution in [0.3, 0.4) is 0 Å². The van der Waals surface area contributed by atoms with E-state index in [2.05, 4.69) is 0 Å². The highest BCUT2D eigenvalue weighted by Crippen LogP contribution is 2.18. The fourth-order valence-electron chi connectivity index (χ4n) is 1.45. The first-order valence-corrected chi connectivity index (χ1v) is 7.27. The van der Waals surface area contributed by atoms with E-state index in [0.29, 0.717) is 0 Å². The first-order valence-electron chi connectivity index (χ1n) is 5.28. The number of halogens is 2. The van der Waals surface area contributed by atoms with Crippen molar-refractivity contribution < 1.29 is 17.9 Å². The van der Waals surface area contributed by atoms with Crippen LogP contribution in [0.15, 0.2) is 18.2 Å². The van der Waals surface area contributed by atoms with E-state index in [-0.39, 0.29) is 17.1 Å². The Morgan fingerprint density at radius 1 is 1.50 bits per heavy atom. The van der Waals surface area contributed by atoms with Gasteiger partial charge in [0.25, 0.3) is 0 Å². The van der Waals surface area contributed by atoms with E-state index in [1.165, 1.54) is 26.1 Å². The molecule has 0 bridgehead atoms. The molecule has 1 aromatic rings. The van der Waals surface area contributed by atoms with Gasteiger partial charge in [-0.05, 0) is 25.1 Å². The molecule has 0 fully saturated rings. The molecule has 1 unspecified atom stereocenters. The van der Waals surface area contributed by atoms with E-state index in [1.54, 1.807) is 0 Å². The zero-order valence-electron chi connectivity index (χ0n) is 10.1. The fourth-order valence-corrected chi connectivity index (χ4v) is 2.92. The molecule has 1 N–H and O–H groups in total. The summed E-state index contributed by atoms with van der Waals surface area (Å²) >= 11 is 5.69. The predicted molar refractivity (Wildman–Crippen MR) is 68.3 cm³/mol. The lowest BCUT2D eigenvalue weighted by Crippen LogP contribution is -2.34. The van der Waals surface area contributed by atoms with Crippen LogP contribution in [-0.2, 0) is 15.8 Å². The van der Waals surface area contributed by atoms with Gasteiger partial charge in [-0.2, -0.15) is 0 Å². The van der Waals surface area contributed by atoms with Gasteiger partial charge in [-0.1, -0.05) is 11.6 Å². The van der Waals surface area contributed by atoms with Gasteiger partial charge in [0.1, 0.15) is 5.82 Å². The Hall–Kier alpha value is -0.690. The molecular weight excluding hydrogens is 281 g/mol. The minimum atomic E-state index is -3.67. The van der Waals surface area contributed by atoms with Gasteiger partial charge in [0.15, 0.2) is 0 Å². The summed E-state index contributed by atoms with van der Waals surface area (Å²) < 4.78 is 38.2. The van der Waals surface area contributed by atoms with Gasteiger partial charge in [-0.15, -0.1) is 0 Å². The monoisotopic (exact) mass is 295 g/mol. The lowest BCUT2D eigenvalue weighted by Gasteiger charge is -2.18. The molecule has 102 valence electrons. The molecule has 0 heterocycles. The van der Waals surface area contributed by atoms with Crippen LogP contribution in [0, 0.1) is 5.82 Å². The molecule has 0 aliphatic carbocycles. The fraction of sp³-hybridized carbons (Fsp3) is 0.455. The zero-order chi connectivity index (χ0) is 13.9. The van der Waals surface area contributed by atoms with E-state index >= 15 is 0 Å². The summed E-state index contributed by atoms with van der Waals surface area (Å²) in [5.74, 6) is -1.10. The maximum absolute atomic E-state index is 13.4. The normalized spacial score (nSPS) is 13.9. The van der Waals surface area contributed by atoms with Gasteiger partial charge < -0.3 is 5.11 Å². The predicted octanol–water partition coefficient (Wildman–Crippen LogP) is 1.62. The van der Waals surface area contributed by atoms with Crippen molar-refractivity contribution >= 4 is 21.6 Å². The average Bonchev–Trinajstić information content (AvgIpc) is 2.22. The van der Waals surface area contributed by atoms with E-state index in [0.717, 1.165) is 10.4 Å². The Labute approximate surface area is 111 Å². The number of aliphatic hydroxyl groups is 1. The molecule has 1 aromatic carbocycles. The van der Waals surface area contributed by atoms with Crippen molar-refractivity contribution in [2.24, 2.45) is 0 Å². The highest BCUT2D eigenvalue weighted by atomic mass is 35.5.